The number of halogens is 2. The molecule has 1 aromatic carbocycles. The van der Waals surface area contributed by atoms with Crippen molar-refractivity contribution in [3.8, 4) is 0 Å². The van der Waals surface area contributed by atoms with Crippen LogP contribution in [0.2, 0.25) is 0 Å². The van der Waals surface area contributed by atoms with Gasteiger partial charge in [0.05, 0.1) is 19.1 Å². The van der Waals surface area contributed by atoms with Crippen LogP contribution < -0.4 is 10.2 Å². The molecule has 0 spiro atoms. The van der Waals surface area contributed by atoms with E-state index in [0.717, 1.165) is 49.8 Å². The fourth-order valence-electron chi connectivity index (χ4n) is 5.61. The molecule has 1 aromatic rings. The maximum absolute atomic E-state index is 12.9. The molecule has 1 atom stereocenters. The highest BCUT2D eigenvalue weighted by Crippen LogP contribution is 2.23. The molecule has 0 saturated carbocycles. The highest BCUT2D eigenvalue weighted by atomic mass is 35.5. The molecule has 254 valence electrons. The quantitative estimate of drug-likeness (QED) is 0.0509. The molecule has 0 aromatic heterocycles. The second-order valence-corrected chi connectivity index (χ2v) is 13.0. The zero-order chi connectivity index (χ0) is 32.1. The minimum absolute atomic E-state index is 0.00424. The smallest absolute Gasteiger partial charge is 0.308 e. The van der Waals surface area contributed by atoms with Gasteiger partial charge in [-0.25, -0.2) is 0 Å². The van der Waals surface area contributed by atoms with Crippen LogP contribution in [0.15, 0.2) is 24.3 Å². The lowest BCUT2D eigenvalue weighted by Crippen LogP contribution is -2.31. The van der Waals surface area contributed by atoms with Gasteiger partial charge in [0.1, 0.15) is 0 Å². The number of unbranched alkanes of at least 4 members (excludes halogenated alkanes) is 17. The molecule has 0 bridgehead atoms. The van der Waals surface area contributed by atoms with E-state index in [0.29, 0.717) is 37.9 Å². The van der Waals surface area contributed by atoms with Crippen LogP contribution in [0.25, 0.3) is 0 Å². The van der Waals surface area contributed by atoms with Crippen molar-refractivity contribution >= 4 is 40.8 Å². The minimum atomic E-state index is -0.412. The molecular formula is C37H64Cl2N2O3. The van der Waals surface area contributed by atoms with Gasteiger partial charge in [0, 0.05) is 37.0 Å². The number of ether oxygens (including phenoxy) is 1. The molecule has 0 saturated heterocycles. The summed E-state index contributed by atoms with van der Waals surface area (Å²) >= 11 is 12.0. The van der Waals surface area contributed by atoms with Gasteiger partial charge in [0.25, 0.3) is 0 Å². The van der Waals surface area contributed by atoms with Crippen LogP contribution >= 0.6 is 23.2 Å². The lowest BCUT2D eigenvalue weighted by Gasteiger charge is -2.24. The number of rotatable bonds is 30. The summed E-state index contributed by atoms with van der Waals surface area (Å²) in [5.74, 6) is 0.755. The van der Waals surface area contributed by atoms with E-state index in [1.807, 2.05) is 24.3 Å². The first-order valence-electron chi connectivity index (χ1n) is 18.0. The zero-order valence-corrected chi connectivity index (χ0v) is 29.7. The Morgan fingerprint density at radius 1 is 0.682 bits per heavy atom. The first-order chi connectivity index (χ1) is 21.5. The van der Waals surface area contributed by atoms with E-state index >= 15 is 0 Å². The Bertz CT molecular complexity index is 815. The normalized spacial score (nSPS) is 11.8. The Hall–Kier alpha value is -1.46. The molecule has 0 aliphatic heterocycles. The van der Waals surface area contributed by atoms with E-state index in [1.165, 1.54) is 83.5 Å². The molecule has 0 fully saturated rings. The maximum Gasteiger partial charge on any atom is 0.308 e. The van der Waals surface area contributed by atoms with Crippen LogP contribution in [0, 0.1) is 0 Å². The summed E-state index contributed by atoms with van der Waals surface area (Å²) in [4.78, 5) is 27.7. The van der Waals surface area contributed by atoms with E-state index in [4.69, 9.17) is 27.9 Å². The number of nitrogens with one attached hydrogen (secondary N) is 1. The number of hydrogen-bond acceptors (Lipinski definition) is 4. The summed E-state index contributed by atoms with van der Waals surface area (Å²) in [6.07, 6.45) is 24.3. The molecule has 0 heterocycles. The molecule has 0 aliphatic rings. The first-order valence-corrected chi connectivity index (χ1v) is 19.0. The molecule has 0 radical (unpaired) electrons. The van der Waals surface area contributed by atoms with Crippen LogP contribution in [-0.4, -0.2) is 43.3 Å². The summed E-state index contributed by atoms with van der Waals surface area (Å²) in [5.41, 5.74) is 1.93. The summed E-state index contributed by atoms with van der Waals surface area (Å²) in [6.45, 7) is 6.28. The molecular weight excluding hydrogens is 591 g/mol. The molecule has 1 amide bonds. The lowest BCUT2D eigenvalue weighted by molar-refractivity contribution is -0.144. The Balaban J connectivity index is 2.44. The van der Waals surface area contributed by atoms with E-state index < -0.39 is 6.04 Å². The van der Waals surface area contributed by atoms with Crippen molar-refractivity contribution in [2.75, 3.05) is 36.4 Å². The fourth-order valence-corrected chi connectivity index (χ4v) is 6.02. The van der Waals surface area contributed by atoms with Gasteiger partial charge in [-0.15, -0.1) is 23.2 Å². The lowest BCUT2D eigenvalue weighted by atomic mass is 10.0. The van der Waals surface area contributed by atoms with E-state index in [2.05, 4.69) is 24.1 Å². The summed E-state index contributed by atoms with van der Waals surface area (Å²) in [5, 5.41) is 3.13. The van der Waals surface area contributed by atoms with Gasteiger partial charge >= 0.3 is 5.97 Å². The molecule has 1 N–H and O–H groups in total. The summed E-state index contributed by atoms with van der Waals surface area (Å²) < 4.78 is 5.51. The fraction of sp³-hybridized carbons (Fsp3) is 0.784. The number of alkyl halides is 2. The average Bonchev–Trinajstić information content (AvgIpc) is 3.02. The van der Waals surface area contributed by atoms with E-state index in [-0.39, 0.29) is 18.3 Å². The Labute approximate surface area is 280 Å². The molecule has 0 unspecified atom stereocenters. The third-order valence-electron chi connectivity index (χ3n) is 8.34. The number of hydrogen-bond donors (Lipinski definition) is 1. The molecule has 5 nitrogen and oxygen atoms in total. The topological polar surface area (TPSA) is 58.6 Å². The van der Waals surface area contributed by atoms with E-state index in [9.17, 15) is 9.59 Å². The molecule has 0 aliphatic carbocycles. The molecule has 7 heteroatoms. The van der Waals surface area contributed by atoms with Gasteiger partial charge < -0.3 is 15.0 Å². The zero-order valence-electron chi connectivity index (χ0n) is 28.2. The Kier molecular flexibility index (Phi) is 26.7. The predicted octanol–water partition coefficient (Wildman–Crippen LogP) is 10.9. The van der Waals surface area contributed by atoms with E-state index in [1.54, 1.807) is 0 Å². The first kappa shape index (κ1) is 40.6. The second-order valence-electron chi connectivity index (χ2n) is 12.3. The number of esters is 1. The van der Waals surface area contributed by atoms with Gasteiger partial charge in [0.15, 0.2) is 0 Å². The molecule has 1 rings (SSSR count). The highest BCUT2D eigenvalue weighted by Gasteiger charge is 2.20. The van der Waals surface area contributed by atoms with Crippen molar-refractivity contribution in [2.24, 2.45) is 0 Å². The van der Waals surface area contributed by atoms with Crippen molar-refractivity contribution in [3.05, 3.63) is 29.8 Å². The largest absolute Gasteiger partial charge is 0.466 e. The average molecular weight is 656 g/mol. The van der Waals surface area contributed by atoms with Gasteiger partial charge in [-0.05, 0) is 30.5 Å². The Morgan fingerprint density at radius 3 is 1.61 bits per heavy atom. The van der Waals surface area contributed by atoms with Crippen molar-refractivity contribution < 1.29 is 14.3 Å². The van der Waals surface area contributed by atoms with Crippen molar-refractivity contribution in [1.82, 2.24) is 5.32 Å². The predicted molar refractivity (Wildman–Crippen MR) is 190 cm³/mol. The Morgan fingerprint density at radius 2 is 1.14 bits per heavy atom. The number of amides is 1. The monoisotopic (exact) mass is 654 g/mol. The SMILES string of the molecule is CCCCCCCCCCCCCCCCCC(=O)N[C@H](CC(=O)OCCCCCC)c1ccc(N(CCCl)CCCl)cc1. The molecule has 44 heavy (non-hydrogen) atoms. The third-order valence-corrected chi connectivity index (χ3v) is 8.68. The van der Waals surface area contributed by atoms with Gasteiger partial charge in [-0.3, -0.25) is 9.59 Å². The van der Waals surface area contributed by atoms with Crippen LogP contribution in [0.3, 0.4) is 0 Å². The number of benzene rings is 1. The standard InChI is InChI=1S/C37H64Cl2N2O3/c1-3-5-7-9-10-11-12-13-14-15-16-17-18-19-20-22-36(42)40-35(32-37(43)44-31-21-8-6-4-2)33-23-25-34(26-24-33)41(29-27-38)30-28-39/h23-26,35H,3-22,27-32H2,1-2H3,(H,40,42)/t35-/m1/s1. The maximum atomic E-state index is 12.9. The van der Waals surface area contributed by atoms with Crippen molar-refractivity contribution in [2.45, 2.75) is 155 Å². The van der Waals surface area contributed by atoms with Crippen LogP contribution in [0.4, 0.5) is 5.69 Å². The number of carbonyl (C=O) groups excluding carboxylic acids is 2. The van der Waals surface area contributed by atoms with Crippen LogP contribution in [0.5, 0.6) is 0 Å². The number of nitrogens with zero attached hydrogens (tertiary/aromatic N) is 1. The minimum Gasteiger partial charge on any atom is -0.466 e. The van der Waals surface area contributed by atoms with Gasteiger partial charge in [-0.2, -0.15) is 0 Å². The highest BCUT2D eigenvalue weighted by molar-refractivity contribution is 6.18. The number of anilines is 1. The third kappa shape index (κ3) is 21.3. The van der Waals surface area contributed by atoms with Crippen LogP contribution in [0.1, 0.15) is 160 Å². The summed E-state index contributed by atoms with van der Waals surface area (Å²) in [6, 6.07) is 7.58. The van der Waals surface area contributed by atoms with Gasteiger partial charge in [0.2, 0.25) is 5.91 Å². The second kappa shape index (κ2) is 29.0. The van der Waals surface area contributed by atoms with Gasteiger partial charge in [-0.1, -0.05) is 135 Å². The summed E-state index contributed by atoms with van der Waals surface area (Å²) in [7, 11) is 0. The number of carbonyl (C=O) groups is 2. The van der Waals surface area contributed by atoms with Crippen LogP contribution in [-0.2, 0) is 14.3 Å². The van der Waals surface area contributed by atoms with Crippen molar-refractivity contribution in [3.63, 3.8) is 0 Å². The van der Waals surface area contributed by atoms with Crippen molar-refractivity contribution in [1.29, 1.82) is 0 Å².